The molecule has 0 aliphatic heterocycles. The number of nitriles is 1. The average Bonchev–Trinajstić information content (AvgIpc) is 2.16. The van der Waals surface area contributed by atoms with Gasteiger partial charge in [-0.15, -0.1) is 0 Å². The Morgan fingerprint density at radius 3 is 2.73 bits per heavy atom. The van der Waals surface area contributed by atoms with Crippen LogP contribution in [0.5, 0.6) is 0 Å². The van der Waals surface area contributed by atoms with Crippen LogP contribution in [-0.2, 0) is 11.2 Å². The summed E-state index contributed by atoms with van der Waals surface area (Å²) in [5.41, 5.74) is 1.53. The van der Waals surface area contributed by atoms with E-state index in [2.05, 4.69) is 11.1 Å². The van der Waals surface area contributed by atoms with Crippen molar-refractivity contribution in [3.05, 3.63) is 29.6 Å². The minimum Gasteiger partial charge on any atom is -0.376 e. The molecular formula is C12H16N2O. The lowest BCUT2D eigenvalue weighted by molar-refractivity contribution is -0.00100. The van der Waals surface area contributed by atoms with Gasteiger partial charge in [-0.2, -0.15) is 5.26 Å². The van der Waals surface area contributed by atoms with E-state index < -0.39 is 0 Å². The fourth-order valence-electron chi connectivity index (χ4n) is 1.16. The molecule has 0 aliphatic rings. The molecule has 1 heterocycles. The maximum absolute atomic E-state index is 8.70. The van der Waals surface area contributed by atoms with Gasteiger partial charge in [-0.1, -0.05) is 0 Å². The molecule has 1 aromatic heterocycles. The van der Waals surface area contributed by atoms with Gasteiger partial charge in [0.05, 0.1) is 17.8 Å². The van der Waals surface area contributed by atoms with Crippen molar-refractivity contribution in [2.75, 3.05) is 6.61 Å². The predicted molar refractivity (Wildman–Crippen MR) is 58.4 cm³/mol. The van der Waals surface area contributed by atoms with E-state index in [-0.39, 0.29) is 5.60 Å². The molecule has 15 heavy (non-hydrogen) atoms. The molecule has 80 valence electrons. The Morgan fingerprint density at radius 1 is 1.40 bits per heavy atom. The summed E-state index contributed by atoms with van der Waals surface area (Å²) in [6, 6.07) is 3.92. The number of ether oxygens (including phenoxy) is 1. The van der Waals surface area contributed by atoms with E-state index in [0.717, 1.165) is 12.0 Å². The summed E-state index contributed by atoms with van der Waals surface area (Å²) in [7, 11) is 0. The Labute approximate surface area is 90.7 Å². The van der Waals surface area contributed by atoms with Crippen molar-refractivity contribution in [3.63, 3.8) is 0 Å². The number of rotatable bonds is 3. The number of nitrogens with zero attached hydrogens (tertiary/aromatic N) is 2. The molecule has 1 rings (SSSR count). The van der Waals surface area contributed by atoms with Gasteiger partial charge in [0.1, 0.15) is 6.07 Å². The molecule has 0 unspecified atom stereocenters. The first-order valence-corrected chi connectivity index (χ1v) is 4.99. The summed E-state index contributed by atoms with van der Waals surface area (Å²) in [5.74, 6) is 0. The first-order chi connectivity index (χ1) is 7.01. The van der Waals surface area contributed by atoms with Crippen LogP contribution in [0.2, 0.25) is 0 Å². The molecule has 3 nitrogen and oxygen atoms in total. The summed E-state index contributed by atoms with van der Waals surface area (Å²) < 4.78 is 5.60. The SMILES string of the molecule is CC(C)(C)OCCc1cncc(C#N)c1. The van der Waals surface area contributed by atoms with Crippen LogP contribution >= 0.6 is 0 Å². The van der Waals surface area contributed by atoms with Gasteiger partial charge in [0.15, 0.2) is 0 Å². The maximum atomic E-state index is 8.70. The highest BCUT2D eigenvalue weighted by Gasteiger charge is 2.09. The maximum Gasteiger partial charge on any atom is 0.101 e. The van der Waals surface area contributed by atoms with Gasteiger partial charge >= 0.3 is 0 Å². The Bertz CT molecular complexity index is 361. The van der Waals surface area contributed by atoms with Crippen molar-refractivity contribution in [2.45, 2.75) is 32.8 Å². The van der Waals surface area contributed by atoms with Crippen LogP contribution in [-0.4, -0.2) is 17.2 Å². The van der Waals surface area contributed by atoms with Crippen LogP contribution in [0, 0.1) is 11.3 Å². The normalized spacial score (nSPS) is 11.1. The lowest BCUT2D eigenvalue weighted by atomic mass is 10.1. The molecular weight excluding hydrogens is 188 g/mol. The number of hydrogen-bond acceptors (Lipinski definition) is 3. The molecule has 0 atom stereocenters. The van der Waals surface area contributed by atoms with Gasteiger partial charge in [0.2, 0.25) is 0 Å². The van der Waals surface area contributed by atoms with Gasteiger partial charge < -0.3 is 4.74 Å². The third-order valence-electron chi connectivity index (χ3n) is 1.85. The average molecular weight is 204 g/mol. The Hall–Kier alpha value is -1.40. The van der Waals surface area contributed by atoms with E-state index in [0.29, 0.717) is 12.2 Å². The first kappa shape index (κ1) is 11.7. The summed E-state index contributed by atoms with van der Waals surface area (Å²) in [6.45, 7) is 6.73. The molecule has 1 aromatic rings. The van der Waals surface area contributed by atoms with Crippen molar-refractivity contribution in [1.29, 1.82) is 5.26 Å². The van der Waals surface area contributed by atoms with Crippen LogP contribution in [0.3, 0.4) is 0 Å². The van der Waals surface area contributed by atoms with Crippen LogP contribution in [0.25, 0.3) is 0 Å². The second kappa shape index (κ2) is 4.90. The van der Waals surface area contributed by atoms with E-state index in [9.17, 15) is 0 Å². The second-order valence-electron chi connectivity index (χ2n) is 4.40. The molecule has 3 heteroatoms. The fourth-order valence-corrected chi connectivity index (χ4v) is 1.16. The summed E-state index contributed by atoms with van der Waals surface area (Å²) >= 11 is 0. The standard InChI is InChI=1S/C12H16N2O/c1-12(2,3)15-5-4-10-6-11(7-13)9-14-8-10/h6,8-9H,4-5H2,1-3H3. The molecule has 0 aromatic carbocycles. The zero-order valence-electron chi connectivity index (χ0n) is 9.45. The van der Waals surface area contributed by atoms with Gasteiger partial charge in [0, 0.05) is 12.4 Å². The van der Waals surface area contributed by atoms with E-state index in [4.69, 9.17) is 10.00 Å². The molecule has 0 aliphatic carbocycles. The van der Waals surface area contributed by atoms with Crippen molar-refractivity contribution < 1.29 is 4.74 Å². The van der Waals surface area contributed by atoms with E-state index in [1.165, 1.54) is 0 Å². The molecule has 0 amide bonds. The Balaban J connectivity index is 2.48. The lowest BCUT2D eigenvalue weighted by Gasteiger charge is -2.19. The third-order valence-corrected chi connectivity index (χ3v) is 1.85. The van der Waals surface area contributed by atoms with Crippen LogP contribution in [0.1, 0.15) is 31.9 Å². The lowest BCUT2D eigenvalue weighted by Crippen LogP contribution is -2.20. The Morgan fingerprint density at radius 2 is 2.13 bits per heavy atom. The highest BCUT2D eigenvalue weighted by Crippen LogP contribution is 2.08. The monoisotopic (exact) mass is 204 g/mol. The van der Waals surface area contributed by atoms with Crippen LogP contribution in [0.4, 0.5) is 0 Å². The molecule has 0 saturated carbocycles. The smallest absolute Gasteiger partial charge is 0.101 e. The highest BCUT2D eigenvalue weighted by atomic mass is 16.5. The minimum absolute atomic E-state index is 0.111. The molecule has 0 N–H and O–H groups in total. The van der Waals surface area contributed by atoms with E-state index >= 15 is 0 Å². The summed E-state index contributed by atoms with van der Waals surface area (Å²) in [5, 5.41) is 8.70. The van der Waals surface area contributed by atoms with Crippen molar-refractivity contribution in [1.82, 2.24) is 4.98 Å². The summed E-state index contributed by atoms with van der Waals surface area (Å²) in [4.78, 5) is 3.99. The van der Waals surface area contributed by atoms with Gasteiger partial charge in [-0.3, -0.25) is 4.98 Å². The van der Waals surface area contributed by atoms with Crippen molar-refractivity contribution in [2.24, 2.45) is 0 Å². The molecule has 0 bridgehead atoms. The summed E-state index contributed by atoms with van der Waals surface area (Å²) in [6.07, 6.45) is 4.13. The van der Waals surface area contributed by atoms with Crippen LogP contribution in [0.15, 0.2) is 18.5 Å². The molecule has 0 saturated heterocycles. The number of aromatic nitrogens is 1. The zero-order valence-corrected chi connectivity index (χ0v) is 9.45. The molecule has 0 spiro atoms. The Kier molecular flexibility index (Phi) is 3.81. The van der Waals surface area contributed by atoms with Gasteiger partial charge in [0.25, 0.3) is 0 Å². The quantitative estimate of drug-likeness (QED) is 0.759. The largest absolute Gasteiger partial charge is 0.376 e. The van der Waals surface area contributed by atoms with Crippen LogP contribution < -0.4 is 0 Å². The topological polar surface area (TPSA) is 45.9 Å². The molecule has 0 fully saturated rings. The highest BCUT2D eigenvalue weighted by molar-refractivity contribution is 5.28. The van der Waals surface area contributed by atoms with Crippen molar-refractivity contribution >= 4 is 0 Å². The van der Waals surface area contributed by atoms with Gasteiger partial charge in [-0.25, -0.2) is 0 Å². The predicted octanol–water partition coefficient (Wildman–Crippen LogP) is 2.31. The minimum atomic E-state index is -0.111. The number of hydrogen-bond donors (Lipinski definition) is 0. The van der Waals surface area contributed by atoms with E-state index in [1.807, 2.05) is 26.8 Å². The first-order valence-electron chi connectivity index (χ1n) is 4.99. The third kappa shape index (κ3) is 4.57. The molecule has 0 radical (unpaired) electrons. The van der Waals surface area contributed by atoms with E-state index in [1.54, 1.807) is 12.4 Å². The fraction of sp³-hybridized carbons (Fsp3) is 0.500. The van der Waals surface area contributed by atoms with Crippen molar-refractivity contribution in [3.8, 4) is 6.07 Å². The zero-order chi connectivity index (χ0) is 11.3. The number of pyridine rings is 1. The van der Waals surface area contributed by atoms with Gasteiger partial charge in [-0.05, 0) is 38.8 Å². The second-order valence-corrected chi connectivity index (χ2v) is 4.40.